The van der Waals surface area contributed by atoms with Crippen molar-refractivity contribution in [3.63, 3.8) is 0 Å². The number of carbonyl (C=O) groups is 1. The first-order valence-electron chi connectivity index (χ1n) is 7.74. The third-order valence-electron chi connectivity index (χ3n) is 3.80. The summed E-state index contributed by atoms with van der Waals surface area (Å²) in [5, 5.41) is 12.1. The van der Waals surface area contributed by atoms with Crippen molar-refractivity contribution in [1.29, 1.82) is 5.41 Å². The second-order valence-corrected chi connectivity index (χ2v) is 8.75. The number of thiazole rings is 1. The molecule has 3 rings (SSSR count). The van der Waals surface area contributed by atoms with E-state index in [9.17, 15) is 13.2 Å². The third-order valence-corrected chi connectivity index (χ3v) is 6.89. The Morgan fingerprint density at radius 3 is 2.67 bits per heavy atom. The van der Waals surface area contributed by atoms with E-state index < -0.39 is 10.0 Å². The molecule has 12 heteroatoms. The van der Waals surface area contributed by atoms with Crippen molar-refractivity contribution in [2.45, 2.75) is 11.4 Å². The van der Waals surface area contributed by atoms with E-state index in [-0.39, 0.29) is 52.7 Å². The standard InChI is InChI=1S/C15H17ClN4O4S2.ClH/c16-12-2-1-11(18-14(21)10-19-5-8-25-15(19)17)9-13(12)26(22,23)20-3-6-24-7-4-20;/h1-2,5,8-9,17H,3-4,6-7,10H2,(H,18,21);1H/p-1. The molecule has 0 bridgehead atoms. The quantitative estimate of drug-likeness (QED) is 0.567. The number of anilines is 1. The second-order valence-electron chi connectivity index (χ2n) is 5.55. The van der Waals surface area contributed by atoms with Crippen LogP contribution in [-0.2, 0) is 26.1 Å². The summed E-state index contributed by atoms with van der Waals surface area (Å²) < 4.78 is 33.6. The highest BCUT2D eigenvalue weighted by molar-refractivity contribution is 7.89. The van der Waals surface area contributed by atoms with E-state index in [2.05, 4.69) is 5.32 Å². The molecule has 148 valence electrons. The smallest absolute Gasteiger partial charge is 0.244 e. The molecule has 1 aromatic heterocycles. The van der Waals surface area contributed by atoms with Gasteiger partial charge in [-0.05, 0) is 18.2 Å². The number of ether oxygens (including phenoxy) is 1. The maximum Gasteiger partial charge on any atom is 0.244 e. The fourth-order valence-electron chi connectivity index (χ4n) is 2.49. The van der Waals surface area contributed by atoms with Gasteiger partial charge >= 0.3 is 0 Å². The van der Waals surface area contributed by atoms with Gasteiger partial charge in [0.1, 0.15) is 11.4 Å². The highest BCUT2D eigenvalue weighted by atomic mass is 35.5. The van der Waals surface area contributed by atoms with Gasteiger partial charge in [0.2, 0.25) is 15.9 Å². The number of sulfonamides is 1. The summed E-state index contributed by atoms with van der Waals surface area (Å²) in [5.74, 6) is -0.362. The third kappa shape index (κ3) is 5.09. The number of aromatic nitrogens is 1. The van der Waals surface area contributed by atoms with E-state index in [1.807, 2.05) is 0 Å². The van der Waals surface area contributed by atoms with Gasteiger partial charge < -0.3 is 27.0 Å². The molecule has 1 aliphatic rings. The summed E-state index contributed by atoms with van der Waals surface area (Å²) in [4.78, 5) is 12.4. The molecule has 2 aromatic rings. The number of nitrogens with zero attached hydrogens (tertiary/aromatic N) is 2. The Bertz CT molecular complexity index is 968. The molecule has 0 aliphatic carbocycles. The zero-order chi connectivity index (χ0) is 18.7. The Morgan fingerprint density at radius 1 is 1.33 bits per heavy atom. The first-order chi connectivity index (χ1) is 12.4. The monoisotopic (exact) mass is 451 g/mol. The van der Waals surface area contributed by atoms with Crippen molar-refractivity contribution in [1.82, 2.24) is 8.87 Å². The van der Waals surface area contributed by atoms with Gasteiger partial charge in [-0.2, -0.15) is 4.31 Å². The van der Waals surface area contributed by atoms with Crippen molar-refractivity contribution < 1.29 is 30.4 Å². The van der Waals surface area contributed by atoms with Crippen molar-refractivity contribution in [2.24, 2.45) is 0 Å². The highest BCUT2D eigenvalue weighted by Crippen LogP contribution is 2.28. The van der Waals surface area contributed by atoms with Crippen LogP contribution in [0, 0.1) is 5.41 Å². The van der Waals surface area contributed by atoms with E-state index >= 15 is 0 Å². The molecule has 1 saturated heterocycles. The first-order valence-corrected chi connectivity index (χ1v) is 10.4. The Balaban J connectivity index is 0.00000261. The molecule has 2 N–H and O–H groups in total. The fraction of sp³-hybridized carbons (Fsp3) is 0.333. The zero-order valence-corrected chi connectivity index (χ0v) is 17.2. The minimum Gasteiger partial charge on any atom is -1.00 e. The minimum absolute atomic E-state index is 0. The summed E-state index contributed by atoms with van der Waals surface area (Å²) in [6.07, 6.45) is 1.64. The summed E-state index contributed by atoms with van der Waals surface area (Å²) in [5.41, 5.74) is 0.327. The molecule has 1 aromatic carbocycles. The summed E-state index contributed by atoms with van der Waals surface area (Å²) in [6.45, 7) is 1.16. The Labute approximate surface area is 171 Å². The lowest BCUT2D eigenvalue weighted by Gasteiger charge is -2.26. The number of carbonyl (C=O) groups excluding carboxylic acids is 1. The topological polar surface area (TPSA) is 104 Å². The zero-order valence-electron chi connectivity index (χ0n) is 14.0. The molecule has 1 amide bonds. The molecular weight excluding hydrogens is 435 g/mol. The van der Waals surface area contributed by atoms with Gasteiger partial charge in [0.15, 0.2) is 4.80 Å². The van der Waals surface area contributed by atoms with Crippen LogP contribution in [-0.4, -0.2) is 49.5 Å². The van der Waals surface area contributed by atoms with Crippen LogP contribution in [0.1, 0.15) is 0 Å². The van der Waals surface area contributed by atoms with Crippen LogP contribution < -0.4 is 22.5 Å². The van der Waals surface area contributed by atoms with Gasteiger partial charge in [-0.15, -0.1) is 11.3 Å². The van der Waals surface area contributed by atoms with Crippen LogP contribution in [0.3, 0.4) is 0 Å². The molecule has 0 radical (unpaired) electrons. The van der Waals surface area contributed by atoms with Gasteiger partial charge in [-0.3, -0.25) is 10.2 Å². The largest absolute Gasteiger partial charge is 1.00 e. The first kappa shape index (κ1) is 21.9. The van der Waals surface area contributed by atoms with Crippen molar-refractivity contribution >= 4 is 44.6 Å². The maximum absolute atomic E-state index is 12.8. The van der Waals surface area contributed by atoms with Crippen LogP contribution in [0.4, 0.5) is 5.69 Å². The van der Waals surface area contributed by atoms with Gasteiger partial charge in [0, 0.05) is 30.4 Å². The summed E-state index contributed by atoms with van der Waals surface area (Å²) in [6, 6.07) is 4.33. The highest BCUT2D eigenvalue weighted by Gasteiger charge is 2.28. The number of rotatable bonds is 5. The molecule has 1 aliphatic heterocycles. The molecule has 0 spiro atoms. The number of nitrogens with one attached hydrogen (secondary N) is 2. The summed E-state index contributed by atoms with van der Waals surface area (Å²) >= 11 is 7.31. The normalized spacial score (nSPS) is 15.1. The van der Waals surface area contributed by atoms with Gasteiger partial charge in [-0.25, -0.2) is 8.42 Å². The Morgan fingerprint density at radius 2 is 2.04 bits per heavy atom. The van der Waals surface area contributed by atoms with E-state index in [4.69, 9.17) is 21.7 Å². The Kier molecular flexibility index (Phi) is 7.43. The molecule has 0 unspecified atom stereocenters. The molecule has 1 fully saturated rings. The van der Waals surface area contributed by atoms with E-state index in [1.54, 1.807) is 17.6 Å². The molecule has 2 heterocycles. The average molecular weight is 452 g/mol. The van der Waals surface area contributed by atoms with Crippen LogP contribution in [0.5, 0.6) is 0 Å². The van der Waals surface area contributed by atoms with Crippen LogP contribution >= 0.6 is 22.9 Å². The van der Waals surface area contributed by atoms with E-state index in [0.717, 1.165) is 0 Å². The minimum atomic E-state index is -3.77. The lowest BCUT2D eigenvalue weighted by Crippen LogP contribution is -3.00. The van der Waals surface area contributed by atoms with Gasteiger partial charge in [0.05, 0.1) is 18.2 Å². The molecule has 8 nitrogen and oxygen atoms in total. The number of benzene rings is 1. The maximum atomic E-state index is 12.8. The fourth-order valence-corrected chi connectivity index (χ4v) is 4.99. The Hall–Kier alpha value is -1.43. The van der Waals surface area contributed by atoms with E-state index in [1.165, 1.54) is 32.3 Å². The molecule has 27 heavy (non-hydrogen) atoms. The summed E-state index contributed by atoms with van der Waals surface area (Å²) in [7, 11) is -3.77. The average Bonchev–Trinajstić information content (AvgIpc) is 3.02. The number of hydrogen-bond acceptors (Lipinski definition) is 6. The number of morpholine rings is 1. The van der Waals surface area contributed by atoms with Gasteiger partial charge in [0.25, 0.3) is 0 Å². The predicted octanol–water partition coefficient (Wildman–Crippen LogP) is -1.65. The number of amides is 1. The second kappa shape index (κ2) is 9.18. The number of hydrogen-bond donors (Lipinski definition) is 2. The van der Waals surface area contributed by atoms with Crippen molar-refractivity contribution in [3.05, 3.63) is 39.6 Å². The predicted molar refractivity (Wildman–Crippen MR) is 97.8 cm³/mol. The van der Waals surface area contributed by atoms with Crippen LogP contribution in [0.25, 0.3) is 0 Å². The molecular formula is C15H17Cl2N4O4S2-. The lowest BCUT2D eigenvalue weighted by molar-refractivity contribution is -0.116. The van der Waals surface area contributed by atoms with Crippen LogP contribution in [0.15, 0.2) is 34.7 Å². The van der Waals surface area contributed by atoms with Crippen LogP contribution in [0.2, 0.25) is 5.02 Å². The van der Waals surface area contributed by atoms with E-state index in [0.29, 0.717) is 18.9 Å². The SMILES string of the molecule is N=c1sccn1CC(=O)Nc1ccc(Cl)c(S(=O)(=O)N2CCOCC2)c1.[Cl-]. The van der Waals surface area contributed by atoms with Crippen molar-refractivity contribution in [2.75, 3.05) is 31.6 Å². The lowest BCUT2D eigenvalue weighted by atomic mass is 10.3. The molecule has 0 atom stereocenters. The number of halogens is 2. The molecule has 0 saturated carbocycles. The van der Waals surface area contributed by atoms with Crippen molar-refractivity contribution in [3.8, 4) is 0 Å². The van der Waals surface area contributed by atoms with Gasteiger partial charge in [-0.1, -0.05) is 11.6 Å².